The molecule has 0 bridgehead atoms. The molecule has 0 spiro atoms. The Morgan fingerprint density at radius 2 is 1.88 bits per heavy atom. The smallest absolute Gasteiger partial charge is 0.119 e. The number of hydrogen-bond acceptors (Lipinski definition) is 2. The third-order valence-electron chi connectivity index (χ3n) is 4.26. The molecule has 1 aliphatic carbocycles. The number of hydrogen-bond donors (Lipinski definition) is 1. The predicted molar refractivity (Wildman–Crippen MR) is 74.2 cm³/mol. The molecule has 0 saturated heterocycles. The summed E-state index contributed by atoms with van der Waals surface area (Å²) in [5.74, 6) is 0.941. The monoisotopic (exact) mass is 297 g/mol. The van der Waals surface area contributed by atoms with Crippen LogP contribution in [0.1, 0.15) is 33.1 Å². The van der Waals surface area contributed by atoms with Crippen LogP contribution in [0.2, 0.25) is 0 Å². The molecule has 1 saturated carbocycles. The average molecular weight is 298 g/mol. The van der Waals surface area contributed by atoms with Gasteiger partial charge in [0.2, 0.25) is 0 Å². The third kappa shape index (κ3) is 2.23. The maximum absolute atomic E-state index is 6.16. The number of nitrogens with two attached hydrogens (primary N) is 1. The quantitative estimate of drug-likeness (QED) is 0.919. The predicted octanol–water partition coefficient (Wildman–Crippen LogP) is 3.73. The highest BCUT2D eigenvalue weighted by Gasteiger charge is 2.52. The van der Waals surface area contributed by atoms with Gasteiger partial charge < -0.3 is 10.5 Å². The van der Waals surface area contributed by atoms with Crippen molar-refractivity contribution in [1.29, 1.82) is 0 Å². The average Bonchev–Trinajstić information content (AvgIpc) is 2.33. The summed E-state index contributed by atoms with van der Waals surface area (Å²) in [5, 5.41) is 0. The molecule has 1 fully saturated rings. The molecule has 0 heterocycles. The topological polar surface area (TPSA) is 35.2 Å². The van der Waals surface area contributed by atoms with Crippen LogP contribution >= 0.6 is 15.9 Å². The van der Waals surface area contributed by atoms with Crippen molar-refractivity contribution in [1.82, 2.24) is 0 Å². The van der Waals surface area contributed by atoms with Gasteiger partial charge in [0.25, 0.3) is 0 Å². The molecular formula is C14H20BrNO. The molecule has 0 amide bonds. The van der Waals surface area contributed by atoms with Crippen molar-refractivity contribution in [2.75, 3.05) is 0 Å². The summed E-state index contributed by atoms with van der Waals surface area (Å²) >= 11 is 3.43. The Bertz CT molecular complexity index is 372. The molecule has 3 heteroatoms. The highest BCUT2D eigenvalue weighted by molar-refractivity contribution is 9.10. The second kappa shape index (κ2) is 4.99. The first-order valence-electron chi connectivity index (χ1n) is 6.30. The van der Waals surface area contributed by atoms with E-state index in [0.29, 0.717) is 0 Å². The van der Waals surface area contributed by atoms with Crippen LogP contribution in [0.5, 0.6) is 5.75 Å². The molecule has 2 nitrogen and oxygen atoms in total. The second-order valence-corrected chi connectivity index (χ2v) is 5.76. The number of benzene rings is 1. The Hall–Kier alpha value is -0.540. The minimum Gasteiger partial charge on any atom is -0.490 e. The van der Waals surface area contributed by atoms with E-state index in [1.165, 1.54) is 0 Å². The Morgan fingerprint density at radius 1 is 1.29 bits per heavy atom. The first-order valence-corrected chi connectivity index (χ1v) is 7.09. The fraction of sp³-hybridized carbons (Fsp3) is 0.571. The molecule has 17 heavy (non-hydrogen) atoms. The molecule has 1 aromatic rings. The van der Waals surface area contributed by atoms with E-state index in [4.69, 9.17) is 10.5 Å². The third-order valence-corrected chi connectivity index (χ3v) is 4.78. The van der Waals surface area contributed by atoms with Crippen LogP contribution in [0.3, 0.4) is 0 Å². The molecule has 0 aliphatic heterocycles. The van der Waals surface area contributed by atoms with Gasteiger partial charge in [0.05, 0.1) is 0 Å². The Labute approximate surface area is 112 Å². The molecule has 2 unspecified atom stereocenters. The van der Waals surface area contributed by atoms with Gasteiger partial charge in [0, 0.05) is 22.4 Å². The van der Waals surface area contributed by atoms with Crippen molar-refractivity contribution in [3.05, 3.63) is 28.7 Å². The lowest BCUT2D eigenvalue weighted by atomic mass is 9.59. The zero-order chi connectivity index (χ0) is 12.5. The largest absolute Gasteiger partial charge is 0.490 e. The molecule has 2 rings (SSSR count). The molecule has 1 aliphatic rings. The fourth-order valence-corrected chi connectivity index (χ4v) is 3.12. The van der Waals surface area contributed by atoms with E-state index in [0.717, 1.165) is 29.5 Å². The van der Waals surface area contributed by atoms with Crippen LogP contribution in [0.25, 0.3) is 0 Å². The summed E-state index contributed by atoms with van der Waals surface area (Å²) in [7, 11) is 0. The lowest BCUT2D eigenvalue weighted by Gasteiger charge is -2.53. The van der Waals surface area contributed by atoms with Gasteiger partial charge in [-0.3, -0.25) is 0 Å². The van der Waals surface area contributed by atoms with Crippen LogP contribution in [0.15, 0.2) is 28.7 Å². The van der Waals surface area contributed by atoms with Gasteiger partial charge in [-0.1, -0.05) is 29.8 Å². The number of rotatable bonds is 4. The van der Waals surface area contributed by atoms with E-state index in [1.807, 2.05) is 24.3 Å². The van der Waals surface area contributed by atoms with Gasteiger partial charge in [0.15, 0.2) is 0 Å². The fourth-order valence-electron chi connectivity index (χ4n) is 2.85. The van der Waals surface area contributed by atoms with Crippen molar-refractivity contribution in [3.8, 4) is 5.75 Å². The second-order valence-electron chi connectivity index (χ2n) is 4.84. The van der Waals surface area contributed by atoms with Crippen LogP contribution in [0.4, 0.5) is 0 Å². The maximum Gasteiger partial charge on any atom is 0.119 e. The summed E-state index contributed by atoms with van der Waals surface area (Å²) in [6.07, 6.45) is 3.42. The minimum atomic E-state index is 0.174. The van der Waals surface area contributed by atoms with Crippen molar-refractivity contribution in [3.63, 3.8) is 0 Å². The summed E-state index contributed by atoms with van der Waals surface area (Å²) in [5.41, 5.74) is 6.33. The summed E-state index contributed by atoms with van der Waals surface area (Å²) in [4.78, 5) is 0. The van der Waals surface area contributed by atoms with Crippen molar-refractivity contribution < 1.29 is 4.74 Å². The molecule has 0 aromatic heterocycles. The standard InChI is InChI=1S/C14H20BrNO/c1-3-14(4-2)12(16)9-13(14)17-11-7-5-10(15)6-8-11/h5-8,12-13H,3-4,9,16H2,1-2H3. The Morgan fingerprint density at radius 3 is 2.35 bits per heavy atom. The minimum absolute atomic E-state index is 0.174. The summed E-state index contributed by atoms with van der Waals surface area (Å²) < 4.78 is 7.15. The van der Waals surface area contributed by atoms with Gasteiger partial charge in [-0.2, -0.15) is 0 Å². The van der Waals surface area contributed by atoms with Crippen molar-refractivity contribution in [2.45, 2.75) is 45.3 Å². The zero-order valence-electron chi connectivity index (χ0n) is 10.4. The Balaban J connectivity index is 2.07. The van der Waals surface area contributed by atoms with Crippen LogP contribution in [0, 0.1) is 5.41 Å². The molecule has 2 N–H and O–H groups in total. The Kier molecular flexibility index (Phi) is 3.79. The van der Waals surface area contributed by atoms with E-state index in [-0.39, 0.29) is 17.6 Å². The number of ether oxygens (including phenoxy) is 1. The summed E-state index contributed by atoms with van der Waals surface area (Å²) in [6, 6.07) is 8.31. The SMILES string of the molecule is CCC1(CC)C(N)CC1Oc1ccc(Br)cc1. The van der Waals surface area contributed by atoms with Gasteiger partial charge in [-0.05, 0) is 37.1 Å². The van der Waals surface area contributed by atoms with E-state index >= 15 is 0 Å². The first kappa shape index (κ1) is 12.9. The van der Waals surface area contributed by atoms with Gasteiger partial charge in [-0.25, -0.2) is 0 Å². The van der Waals surface area contributed by atoms with Crippen LogP contribution < -0.4 is 10.5 Å². The van der Waals surface area contributed by atoms with Gasteiger partial charge in [-0.15, -0.1) is 0 Å². The highest BCUT2D eigenvalue weighted by Crippen LogP contribution is 2.47. The molecule has 0 radical (unpaired) electrons. The summed E-state index contributed by atoms with van der Waals surface area (Å²) in [6.45, 7) is 4.42. The first-order chi connectivity index (χ1) is 8.12. The van der Waals surface area contributed by atoms with E-state index < -0.39 is 0 Å². The van der Waals surface area contributed by atoms with Crippen LogP contribution in [-0.2, 0) is 0 Å². The lowest BCUT2D eigenvalue weighted by molar-refractivity contribution is -0.0722. The lowest BCUT2D eigenvalue weighted by Crippen LogP contribution is -2.62. The zero-order valence-corrected chi connectivity index (χ0v) is 12.0. The van der Waals surface area contributed by atoms with E-state index in [2.05, 4.69) is 29.8 Å². The number of halogens is 1. The highest BCUT2D eigenvalue weighted by atomic mass is 79.9. The maximum atomic E-state index is 6.16. The van der Waals surface area contributed by atoms with E-state index in [1.54, 1.807) is 0 Å². The molecule has 2 atom stereocenters. The van der Waals surface area contributed by atoms with Gasteiger partial charge >= 0.3 is 0 Å². The van der Waals surface area contributed by atoms with E-state index in [9.17, 15) is 0 Å². The molecule has 1 aromatic carbocycles. The molecular weight excluding hydrogens is 278 g/mol. The molecule has 94 valence electrons. The normalized spacial score (nSPS) is 26.4. The van der Waals surface area contributed by atoms with Crippen LogP contribution in [-0.4, -0.2) is 12.1 Å². The van der Waals surface area contributed by atoms with Crippen molar-refractivity contribution in [2.24, 2.45) is 11.1 Å². The van der Waals surface area contributed by atoms with Crippen molar-refractivity contribution >= 4 is 15.9 Å². The van der Waals surface area contributed by atoms with Gasteiger partial charge in [0.1, 0.15) is 11.9 Å².